The van der Waals surface area contributed by atoms with Gasteiger partial charge >= 0.3 is 5.97 Å². The molecule has 0 aliphatic heterocycles. The summed E-state index contributed by atoms with van der Waals surface area (Å²) in [6.45, 7) is 1.83. The van der Waals surface area contributed by atoms with Crippen molar-refractivity contribution in [1.82, 2.24) is 4.98 Å². The van der Waals surface area contributed by atoms with Crippen LogP contribution in [0.25, 0.3) is 11.1 Å². The van der Waals surface area contributed by atoms with Crippen LogP contribution in [0.4, 0.5) is 4.39 Å². The van der Waals surface area contributed by atoms with Crippen molar-refractivity contribution in [3.63, 3.8) is 0 Å². The van der Waals surface area contributed by atoms with Crippen molar-refractivity contribution >= 4 is 5.97 Å². The Labute approximate surface area is 116 Å². The highest BCUT2D eigenvalue weighted by molar-refractivity contribution is 5.91. The average Bonchev–Trinajstić information content (AvgIpc) is 3.22. The van der Waals surface area contributed by atoms with Gasteiger partial charge in [0.05, 0.1) is 11.3 Å². The SMILES string of the molecule is Cc1nc(C2CC2)c(C(=O)O)cc1-c1cccc(F)c1. The van der Waals surface area contributed by atoms with Gasteiger partial charge in [0.2, 0.25) is 0 Å². The molecule has 0 amide bonds. The number of hydrogen-bond acceptors (Lipinski definition) is 2. The van der Waals surface area contributed by atoms with E-state index >= 15 is 0 Å². The van der Waals surface area contributed by atoms with Crippen molar-refractivity contribution in [3.8, 4) is 11.1 Å². The van der Waals surface area contributed by atoms with Crippen LogP contribution in [-0.2, 0) is 0 Å². The number of halogens is 1. The number of nitrogens with zero attached hydrogens (tertiary/aromatic N) is 1. The molecule has 2 aromatic rings. The molecule has 1 heterocycles. The number of carboxylic acids is 1. The Morgan fingerprint density at radius 2 is 2.10 bits per heavy atom. The largest absolute Gasteiger partial charge is 0.478 e. The summed E-state index contributed by atoms with van der Waals surface area (Å²) in [5.41, 5.74) is 2.96. The zero-order valence-electron chi connectivity index (χ0n) is 11.1. The minimum absolute atomic E-state index is 0.234. The molecule has 3 nitrogen and oxygen atoms in total. The molecule has 0 radical (unpaired) electrons. The maximum Gasteiger partial charge on any atom is 0.337 e. The Morgan fingerprint density at radius 3 is 2.70 bits per heavy atom. The van der Waals surface area contributed by atoms with E-state index in [0.717, 1.165) is 18.5 Å². The number of aromatic nitrogens is 1. The second kappa shape index (κ2) is 4.71. The van der Waals surface area contributed by atoms with Gasteiger partial charge < -0.3 is 5.11 Å². The fourth-order valence-electron chi connectivity index (χ4n) is 2.41. The standard InChI is InChI=1S/C16H14FNO2/c1-9-13(11-3-2-4-12(17)7-11)8-14(16(19)20)15(18-9)10-5-6-10/h2-4,7-8,10H,5-6H2,1H3,(H,19,20). The quantitative estimate of drug-likeness (QED) is 0.924. The van der Waals surface area contributed by atoms with Gasteiger partial charge in [-0.3, -0.25) is 4.98 Å². The summed E-state index contributed by atoms with van der Waals surface area (Å²) in [6, 6.07) is 7.75. The highest BCUT2D eigenvalue weighted by Crippen LogP contribution is 2.41. The summed E-state index contributed by atoms with van der Waals surface area (Å²) >= 11 is 0. The molecule has 0 bridgehead atoms. The van der Waals surface area contributed by atoms with Crippen molar-refractivity contribution in [2.75, 3.05) is 0 Å². The van der Waals surface area contributed by atoms with Gasteiger partial charge in [0.1, 0.15) is 5.82 Å². The average molecular weight is 271 g/mol. The topological polar surface area (TPSA) is 50.2 Å². The second-order valence-electron chi connectivity index (χ2n) is 5.14. The molecule has 0 unspecified atom stereocenters. The summed E-state index contributed by atoms with van der Waals surface area (Å²) in [5.74, 6) is -1.05. The van der Waals surface area contributed by atoms with Crippen molar-refractivity contribution in [2.24, 2.45) is 0 Å². The van der Waals surface area contributed by atoms with E-state index in [4.69, 9.17) is 0 Å². The Morgan fingerprint density at radius 1 is 1.35 bits per heavy atom. The summed E-state index contributed by atoms with van der Waals surface area (Å²) in [5, 5.41) is 9.35. The molecule has 1 saturated carbocycles. The Kier molecular flexibility index (Phi) is 3.01. The highest BCUT2D eigenvalue weighted by Gasteiger charge is 2.30. The summed E-state index contributed by atoms with van der Waals surface area (Å²) in [6.07, 6.45) is 1.98. The first-order valence-electron chi connectivity index (χ1n) is 6.57. The number of carbonyl (C=O) groups is 1. The van der Waals surface area contributed by atoms with Crippen LogP contribution in [0.2, 0.25) is 0 Å². The molecular weight excluding hydrogens is 257 g/mol. The van der Waals surface area contributed by atoms with Crippen LogP contribution in [0.15, 0.2) is 30.3 Å². The van der Waals surface area contributed by atoms with Gasteiger partial charge in [0.25, 0.3) is 0 Å². The summed E-state index contributed by atoms with van der Waals surface area (Å²) in [7, 11) is 0. The summed E-state index contributed by atoms with van der Waals surface area (Å²) in [4.78, 5) is 15.9. The number of pyridine rings is 1. The lowest BCUT2D eigenvalue weighted by Crippen LogP contribution is -2.06. The zero-order chi connectivity index (χ0) is 14.3. The molecule has 102 valence electrons. The maximum absolute atomic E-state index is 13.3. The predicted octanol–water partition coefficient (Wildman–Crippen LogP) is 3.77. The van der Waals surface area contributed by atoms with Gasteiger partial charge in [0, 0.05) is 17.2 Å². The van der Waals surface area contributed by atoms with E-state index in [1.807, 2.05) is 6.92 Å². The van der Waals surface area contributed by atoms with Gasteiger partial charge in [-0.05, 0) is 43.5 Å². The number of aryl methyl sites for hydroxylation is 1. The van der Waals surface area contributed by atoms with E-state index in [9.17, 15) is 14.3 Å². The number of rotatable bonds is 3. The normalized spacial score (nSPS) is 14.3. The Hall–Kier alpha value is -2.23. The number of hydrogen-bond donors (Lipinski definition) is 1. The highest BCUT2D eigenvalue weighted by atomic mass is 19.1. The molecule has 0 spiro atoms. The van der Waals surface area contributed by atoms with Crippen LogP contribution in [0, 0.1) is 12.7 Å². The van der Waals surface area contributed by atoms with E-state index in [1.165, 1.54) is 12.1 Å². The first-order chi connectivity index (χ1) is 9.56. The zero-order valence-corrected chi connectivity index (χ0v) is 11.1. The lowest BCUT2D eigenvalue weighted by Gasteiger charge is -2.11. The third-order valence-electron chi connectivity index (χ3n) is 3.57. The van der Waals surface area contributed by atoms with Crippen molar-refractivity contribution in [3.05, 3.63) is 53.1 Å². The predicted molar refractivity (Wildman–Crippen MR) is 73.3 cm³/mol. The first kappa shape index (κ1) is 12.8. The van der Waals surface area contributed by atoms with Crippen LogP contribution in [0.1, 0.15) is 40.5 Å². The molecule has 1 aromatic carbocycles. The van der Waals surface area contributed by atoms with E-state index in [-0.39, 0.29) is 17.3 Å². The molecule has 1 aliphatic rings. The molecule has 1 N–H and O–H groups in total. The lowest BCUT2D eigenvalue weighted by molar-refractivity contribution is 0.0695. The molecule has 1 aliphatic carbocycles. The van der Waals surface area contributed by atoms with Gasteiger partial charge in [0.15, 0.2) is 0 Å². The molecule has 3 rings (SSSR count). The minimum Gasteiger partial charge on any atom is -0.478 e. The molecular formula is C16H14FNO2. The molecule has 1 aromatic heterocycles. The maximum atomic E-state index is 13.3. The van der Waals surface area contributed by atoms with Gasteiger partial charge in [-0.2, -0.15) is 0 Å². The third-order valence-corrected chi connectivity index (χ3v) is 3.57. The van der Waals surface area contributed by atoms with Crippen LogP contribution < -0.4 is 0 Å². The molecule has 20 heavy (non-hydrogen) atoms. The van der Waals surface area contributed by atoms with Gasteiger partial charge in [-0.1, -0.05) is 12.1 Å². The Bertz CT molecular complexity index is 693. The van der Waals surface area contributed by atoms with Crippen molar-refractivity contribution < 1.29 is 14.3 Å². The second-order valence-corrected chi connectivity index (χ2v) is 5.14. The molecule has 0 atom stereocenters. The monoisotopic (exact) mass is 271 g/mol. The van der Waals surface area contributed by atoms with E-state index < -0.39 is 5.97 Å². The van der Waals surface area contributed by atoms with Crippen LogP contribution >= 0.6 is 0 Å². The van der Waals surface area contributed by atoms with Gasteiger partial charge in [-0.15, -0.1) is 0 Å². The summed E-state index contributed by atoms with van der Waals surface area (Å²) < 4.78 is 13.3. The van der Waals surface area contributed by atoms with Crippen LogP contribution in [0.5, 0.6) is 0 Å². The van der Waals surface area contributed by atoms with E-state index in [2.05, 4.69) is 4.98 Å². The number of benzene rings is 1. The van der Waals surface area contributed by atoms with Crippen LogP contribution in [0.3, 0.4) is 0 Å². The number of carboxylic acid groups (broad SMARTS) is 1. The van der Waals surface area contributed by atoms with Crippen molar-refractivity contribution in [2.45, 2.75) is 25.7 Å². The molecule has 0 saturated heterocycles. The van der Waals surface area contributed by atoms with Gasteiger partial charge in [-0.25, -0.2) is 9.18 Å². The Balaban J connectivity index is 2.16. The fraction of sp³-hybridized carbons (Fsp3) is 0.250. The van der Waals surface area contributed by atoms with E-state index in [0.29, 0.717) is 16.8 Å². The minimum atomic E-state index is -0.975. The molecule has 1 fully saturated rings. The van der Waals surface area contributed by atoms with Crippen LogP contribution in [-0.4, -0.2) is 16.1 Å². The lowest BCUT2D eigenvalue weighted by atomic mass is 9.99. The number of aromatic carboxylic acids is 1. The fourth-order valence-corrected chi connectivity index (χ4v) is 2.41. The first-order valence-corrected chi connectivity index (χ1v) is 6.57. The third kappa shape index (κ3) is 2.29. The van der Waals surface area contributed by atoms with Crippen molar-refractivity contribution in [1.29, 1.82) is 0 Å². The smallest absolute Gasteiger partial charge is 0.337 e. The van der Waals surface area contributed by atoms with E-state index in [1.54, 1.807) is 18.2 Å². The molecule has 4 heteroatoms.